The molecule has 0 radical (unpaired) electrons. The van der Waals surface area contributed by atoms with Gasteiger partial charge in [0.2, 0.25) is 5.60 Å². The van der Waals surface area contributed by atoms with Gasteiger partial charge in [0.05, 0.1) is 7.11 Å². The first-order chi connectivity index (χ1) is 15.0. The van der Waals surface area contributed by atoms with Crippen molar-refractivity contribution in [2.24, 2.45) is 0 Å². The van der Waals surface area contributed by atoms with E-state index < -0.39 is 29.8 Å². The smallest absolute Gasteiger partial charge is 0.348 e. The number of carbonyl (C=O) groups is 2. The lowest BCUT2D eigenvalue weighted by atomic mass is 9.86. The lowest BCUT2D eigenvalue weighted by Gasteiger charge is -2.32. The van der Waals surface area contributed by atoms with Crippen LogP contribution < -0.4 is 4.74 Å². The highest BCUT2D eigenvalue weighted by molar-refractivity contribution is 5.98. The minimum Gasteiger partial charge on any atom is -0.494 e. The molecule has 0 aromatic heterocycles. The van der Waals surface area contributed by atoms with Crippen molar-refractivity contribution in [1.29, 1.82) is 0 Å². The molecule has 0 saturated heterocycles. The number of ketones is 1. The van der Waals surface area contributed by atoms with Crippen LogP contribution in [0.25, 0.3) is 0 Å². The second kappa shape index (κ2) is 10.00. The Morgan fingerprint density at radius 2 is 1.48 bits per heavy atom. The quantitative estimate of drug-likeness (QED) is 0.374. The van der Waals surface area contributed by atoms with Crippen molar-refractivity contribution in [1.82, 2.24) is 0 Å². The zero-order valence-corrected chi connectivity index (χ0v) is 17.3. The van der Waals surface area contributed by atoms with Gasteiger partial charge in [0.1, 0.15) is 0 Å². The van der Waals surface area contributed by atoms with Gasteiger partial charge >= 0.3 is 5.97 Å². The zero-order chi connectivity index (χ0) is 22.3. The van der Waals surface area contributed by atoms with Gasteiger partial charge in [-0.25, -0.2) is 9.18 Å². The third kappa shape index (κ3) is 4.64. The fourth-order valence-electron chi connectivity index (χ4n) is 3.35. The summed E-state index contributed by atoms with van der Waals surface area (Å²) in [7, 11) is 1.34. The molecule has 0 unspecified atom stereocenters. The second-order valence-electron chi connectivity index (χ2n) is 6.69. The summed E-state index contributed by atoms with van der Waals surface area (Å²) in [5, 5.41) is 0. The molecule has 0 N–H and O–H groups in total. The predicted molar refractivity (Wildman–Crippen MR) is 114 cm³/mol. The Bertz CT molecular complexity index is 995. The molecule has 0 amide bonds. The maximum atomic E-state index is 13.9. The Balaban J connectivity index is 1.90. The molecule has 0 spiro atoms. The van der Waals surface area contributed by atoms with Crippen LogP contribution in [0.2, 0.25) is 0 Å². The zero-order valence-electron chi connectivity index (χ0n) is 17.3. The van der Waals surface area contributed by atoms with Crippen LogP contribution in [0.1, 0.15) is 28.4 Å². The van der Waals surface area contributed by atoms with Gasteiger partial charge in [-0.15, -0.1) is 0 Å². The van der Waals surface area contributed by atoms with Crippen molar-refractivity contribution in [3.63, 3.8) is 0 Å². The van der Waals surface area contributed by atoms with Crippen molar-refractivity contribution in [2.75, 3.05) is 20.3 Å². The summed E-state index contributed by atoms with van der Waals surface area (Å²) < 4.78 is 30.2. The van der Waals surface area contributed by atoms with Gasteiger partial charge < -0.3 is 14.2 Å². The van der Waals surface area contributed by atoms with Crippen LogP contribution in [0, 0.1) is 5.82 Å². The summed E-state index contributed by atoms with van der Waals surface area (Å²) in [4.78, 5) is 25.9. The first-order valence-electron chi connectivity index (χ1n) is 9.82. The fourth-order valence-corrected chi connectivity index (χ4v) is 3.35. The number of benzene rings is 3. The number of esters is 1. The third-order valence-corrected chi connectivity index (χ3v) is 4.82. The van der Waals surface area contributed by atoms with Crippen LogP contribution in [0.15, 0.2) is 78.9 Å². The number of ether oxygens (including phenoxy) is 3. The molecule has 5 nitrogen and oxygen atoms in total. The molecule has 3 aromatic rings. The Hall–Kier alpha value is -3.51. The van der Waals surface area contributed by atoms with Crippen molar-refractivity contribution in [3.8, 4) is 5.75 Å². The van der Waals surface area contributed by atoms with Crippen molar-refractivity contribution in [2.45, 2.75) is 12.5 Å². The molecule has 3 rings (SSSR count). The van der Waals surface area contributed by atoms with E-state index in [0.29, 0.717) is 11.1 Å². The number of methoxy groups -OCH3 is 1. The molecule has 0 aliphatic heterocycles. The number of Topliss-reactive ketones (excluding diaryl/α,β-unsaturated/α-hetero) is 1. The molecule has 0 fully saturated rings. The van der Waals surface area contributed by atoms with Gasteiger partial charge in [0, 0.05) is 12.2 Å². The second-order valence-corrected chi connectivity index (χ2v) is 6.69. The van der Waals surface area contributed by atoms with E-state index in [0.717, 1.165) is 6.07 Å². The lowest BCUT2D eigenvalue weighted by Crippen LogP contribution is -2.42. The molecule has 31 heavy (non-hydrogen) atoms. The topological polar surface area (TPSA) is 61.8 Å². The van der Waals surface area contributed by atoms with E-state index in [1.165, 1.54) is 19.2 Å². The summed E-state index contributed by atoms with van der Waals surface area (Å²) in [6.45, 7) is 1.45. The van der Waals surface area contributed by atoms with Crippen LogP contribution in [-0.4, -0.2) is 32.1 Å². The maximum absolute atomic E-state index is 13.9. The van der Waals surface area contributed by atoms with Crippen LogP contribution >= 0.6 is 0 Å². The van der Waals surface area contributed by atoms with E-state index in [4.69, 9.17) is 14.2 Å². The van der Waals surface area contributed by atoms with Gasteiger partial charge in [-0.3, -0.25) is 4.79 Å². The van der Waals surface area contributed by atoms with Crippen LogP contribution in [0.5, 0.6) is 5.75 Å². The fraction of sp³-hybridized carbons (Fsp3) is 0.200. The normalized spacial score (nSPS) is 11.1. The molecule has 160 valence electrons. The summed E-state index contributed by atoms with van der Waals surface area (Å²) in [6.07, 6.45) is 0. The van der Waals surface area contributed by atoms with Crippen LogP contribution in [0.3, 0.4) is 0 Å². The third-order valence-electron chi connectivity index (χ3n) is 4.82. The summed E-state index contributed by atoms with van der Waals surface area (Å²) in [5.74, 6) is -1.91. The highest BCUT2D eigenvalue weighted by Crippen LogP contribution is 2.35. The monoisotopic (exact) mass is 422 g/mol. The van der Waals surface area contributed by atoms with E-state index in [9.17, 15) is 14.0 Å². The number of hydrogen-bond acceptors (Lipinski definition) is 5. The first kappa shape index (κ1) is 22.2. The number of halogens is 1. The average Bonchev–Trinajstić information content (AvgIpc) is 2.81. The summed E-state index contributed by atoms with van der Waals surface area (Å²) in [6, 6.07) is 21.7. The summed E-state index contributed by atoms with van der Waals surface area (Å²) >= 11 is 0. The van der Waals surface area contributed by atoms with Crippen LogP contribution in [-0.2, 0) is 19.9 Å². The number of carbonyl (C=O) groups excluding carboxylic acids is 2. The number of rotatable bonds is 9. The standard InChI is InChI=1S/C25H23FO5/c1-3-31-25(19-10-6-4-7-11-19,20-12-8-5-9-13-20)24(28)30-17-22(27)18-14-15-23(29-2)21(26)16-18/h4-16H,3,17H2,1-2H3. The maximum Gasteiger partial charge on any atom is 0.348 e. The highest BCUT2D eigenvalue weighted by Gasteiger charge is 2.45. The largest absolute Gasteiger partial charge is 0.494 e. The molecule has 0 bridgehead atoms. The van der Waals surface area contributed by atoms with E-state index in [1.807, 2.05) is 12.1 Å². The van der Waals surface area contributed by atoms with E-state index in [-0.39, 0.29) is 17.9 Å². The van der Waals surface area contributed by atoms with Crippen molar-refractivity contribution < 1.29 is 28.2 Å². The van der Waals surface area contributed by atoms with Crippen molar-refractivity contribution in [3.05, 3.63) is 101 Å². The predicted octanol–water partition coefficient (Wildman–Crippen LogP) is 4.54. The van der Waals surface area contributed by atoms with Gasteiger partial charge in [0.15, 0.2) is 24.0 Å². The molecule has 0 heterocycles. The lowest BCUT2D eigenvalue weighted by molar-refractivity contribution is -0.167. The molecule has 0 atom stereocenters. The Labute approximate surface area is 180 Å². The first-order valence-corrected chi connectivity index (χ1v) is 9.82. The molecule has 3 aromatic carbocycles. The molecule has 0 aliphatic carbocycles. The van der Waals surface area contributed by atoms with E-state index in [2.05, 4.69) is 0 Å². The van der Waals surface area contributed by atoms with Crippen molar-refractivity contribution >= 4 is 11.8 Å². The SMILES string of the molecule is CCOC(C(=O)OCC(=O)c1ccc(OC)c(F)c1)(c1ccccc1)c1ccccc1. The minimum atomic E-state index is -1.54. The van der Waals surface area contributed by atoms with E-state index in [1.54, 1.807) is 55.5 Å². The number of hydrogen-bond donors (Lipinski definition) is 0. The molecule has 0 saturated carbocycles. The minimum absolute atomic E-state index is 0.0251. The molecule has 0 aliphatic rings. The van der Waals surface area contributed by atoms with Gasteiger partial charge in [0.25, 0.3) is 0 Å². The van der Waals surface area contributed by atoms with Gasteiger partial charge in [-0.2, -0.15) is 0 Å². The molecular formula is C25H23FO5. The summed E-state index contributed by atoms with van der Waals surface area (Å²) in [5.41, 5.74) is -0.303. The Morgan fingerprint density at radius 3 is 1.97 bits per heavy atom. The average molecular weight is 422 g/mol. The van der Waals surface area contributed by atoms with Gasteiger partial charge in [-0.1, -0.05) is 60.7 Å². The molecular weight excluding hydrogens is 399 g/mol. The highest BCUT2D eigenvalue weighted by atomic mass is 19.1. The Kier molecular flexibility index (Phi) is 7.15. The van der Waals surface area contributed by atoms with E-state index >= 15 is 0 Å². The molecule has 6 heteroatoms. The Morgan fingerprint density at radius 1 is 0.903 bits per heavy atom. The van der Waals surface area contributed by atoms with Gasteiger partial charge in [-0.05, 0) is 36.2 Å². The van der Waals surface area contributed by atoms with Crippen LogP contribution in [0.4, 0.5) is 4.39 Å².